The molecule has 1 atom stereocenters. The van der Waals surface area contributed by atoms with Crippen LogP contribution < -0.4 is 4.90 Å². The highest BCUT2D eigenvalue weighted by molar-refractivity contribution is 5.30. The Balaban J connectivity index is 2.06. The number of hydrogen-bond donors (Lipinski definition) is 0. The van der Waals surface area contributed by atoms with Gasteiger partial charge in [0.05, 0.1) is 0 Å². The lowest BCUT2D eigenvalue weighted by atomic mass is 9.81. The number of aromatic nitrogens is 3. The van der Waals surface area contributed by atoms with Crippen molar-refractivity contribution in [1.29, 1.82) is 0 Å². The Morgan fingerprint density at radius 2 is 1.22 bits per heavy atom. The van der Waals surface area contributed by atoms with E-state index in [-0.39, 0.29) is 0 Å². The second-order valence-electron chi connectivity index (χ2n) is 9.42. The third-order valence-corrected chi connectivity index (χ3v) is 6.26. The lowest BCUT2D eigenvalue weighted by Gasteiger charge is -2.32. The SMILES string of the molecule is Cc1nc(C)nc(N(C)C2CCCCCCCCCCCC(C)(C)CC2)n1. The van der Waals surface area contributed by atoms with E-state index >= 15 is 0 Å². The average molecular weight is 375 g/mol. The van der Waals surface area contributed by atoms with Crippen LogP contribution in [0.2, 0.25) is 0 Å². The number of rotatable bonds is 2. The summed E-state index contributed by atoms with van der Waals surface area (Å²) < 4.78 is 0. The van der Waals surface area contributed by atoms with Crippen LogP contribution in [0.1, 0.15) is 109 Å². The number of hydrogen-bond acceptors (Lipinski definition) is 4. The van der Waals surface area contributed by atoms with Crippen molar-refractivity contribution in [2.45, 2.75) is 117 Å². The zero-order valence-corrected chi connectivity index (χ0v) is 18.6. The minimum absolute atomic E-state index is 0.435. The van der Waals surface area contributed by atoms with Crippen LogP contribution in [0.4, 0.5) is 5.95 Å². The summed E-state index contributed by atoms with van der Waals surface area (Å²) in [7, 11) is 2.18. The Labute approximate surface area is 167 Å². The molecule has 0 saturated heterocycles. The summed E-state index contributed by atoms with van der Waals surface area (Å²) in [5.41, 5.74) is 0.435. The van der Waals surface area contributed by atoms with Gasteiger partial charge in [0, 0.05) is 13.1 Å². The summed E-state index contributed by atoms with van der Waals surface area (Å²) in [5, 5.41) is 0. The molecule has 4 nitrogen and oxygen atoms in total. The van der Waals surface area contributed by atoms with Crippen molar-refractivity contribution in [3.05, 3.63) is 11.6 Å². The molecule has 0 radical (unpaired) electrons. The largest absolute Gasteiger partial charge is 0.341 e. The monoisotopic (exact) mass is 374 g/mol. The summed E-state index contributed by atoms with van der Waals surface area (Å²) in [6.07, 6.45) is 17.7. The molecule has 1 aliphatic carbocycles. The first-order valence-corrected chi connectivity index (χ1v) is 11.3. The molecule has 154 valence electrons. The Morgan fingerprint density at radius 3 is 1.81 bits per heavy atom. The maximum Gasteiger partial charge on any atom is 0.228 e. The van der Waals surface area contributed by atoms with Crippen LogP contribution in [0.5, 0.6) is 0 Å². The number of nitrogens with zero attached hydrogens (tertiary/aromatic N) is 4. The van der Waals surface area contributed by atoms with Crippen LogP contribution in [-0.4, -0.2) is 28.0 Å². The van der Waals surface area contributed by atoms with Gasteiger partial charge >= 0.3 is 0 Å². The molecule has 4 heteroatoms. The summed E-state index contributed by atoms with van der Waals surface area (Å²) in [5.74, 6) is 2.49. The molecule has 0 bridgehead atoms. The lowest BCUT2D eigenvalue weighted by molar-refractivity contribution is 0.272. The maximum atomic E-state index is 4.62. The predicted octanol–water partition coefficient (Wildman–Crippen LogP) is 6.40. The van der Waals surface area contributed by atoms with Crippen LogP contribution in [0.25, 0.3) is 0 Å². The molecule has 1 heterocycles. The van der Waals surface area contributed by atoms with Gasteiger partial charge < -0.3 is 4.90 Å². The van der Waals surface area contributed by atoms with Gasteiger partial charge in [0.25, 0.3) is 0 Å². The molecule has 0 aliphatic heterocycles. The van der Waals surface area contributed by atoms with Gasteiger partial charge in [-0.1, -0.05) is 71.6 Å². The van der Waals surface area contributed by atoms with Gasteiger partial charge in [0.15, 0.2) is 0 Å². The van der Waals surface area contributed by atoms with Gasteiger partial charge in [0.2, 0.25) is 5.95 Å². The quantitative estimate of drug-likeness (QED) is 0.600. The van der Waals surface area contributed by atoms with Crippen molar-refractivity contribution in [2.24, 2.45) is 5.41 Å². The van der Waals surface area contributed by atoms with E-state index in [0.717, 1.165) is 17.6 Å². The second kappa shape index (κ2) is 11.0. The van der Waals surface area contributed by atoms with E-state index in [2.05, 4.69) is 40.7 Å². The summed E-state index contributed by atoms with van der Waals surface area (Å²) in [4.78, 5) is 15.9. The van der Waals surface area contributed by atoms with Crippen LogP contribution >= 0.6 is 0 Å². The normalized spacial score (nSPS) is 23.2. The fourth-order valence-electron chi connectivity index (χ4n) is 4.35. The molecule has 0 aromatic carbocycles. The molecule has 1 aromatic heterocycles. The Bertz CT molecular complexity index is 535. The van der Waals surface area contributed by atoms with E-state index in [1.807, 2.05) is 13.8 Å². The molecule has 1 aliphatic rings. The van der Waals surface area contributed by atoms with Crippen molar-refractivity contribution in [3.63, 3.8) is 0 Å². The van der Waals surface area contributed by atoms with Crippen molar-refractivity contribution in [1.82, 2.24) is 15.0 Å². The molecule has 1 unspecified atom stereocenters. The van der Waals surface area contributed by atoms with Gasteiger partial charge in [-0.3, -0.25) is 0 Å². The van der Waals surface area contributed by atoms with Crippen molar-refractivity contribution >= 4 is 5.95 Å². The molecule has 0 amide bonds. The molecule has 1 aromatic rings. The average Bonchev–Trinajstić information content (AvgIpc) is 2.60. The third kappa shape index (κ3) is 8.15. The molecule has 1 saturated carbocycles. The lowest BCUT2D eigenvalue weighted by Crippen LogP contribution is -2.34. The topological polar surface area (TPSA) is 41.9 Å². The fourth-order valence-corrected chi connectivity index (χ4v) is 4.35. The molecule has 0 N–H and O–H groups in total. The molecule has 2 rings (SSSR count). The smallest absolute Gasteiger partial charge is 0.228 e. The van der Waals surface area contributed by atoms with Gasteiger partial charge in [0.1, 0.15) is 11.6 Å². The number of aryl methyl sites for hydroxylation is 2. The molecular weight excluding hydrogens is 332 g/mol. The second-order valence-corrected chi connectivity index (χ2v) is 9.42. The first-order chi connectivity index (χ1) is 12.9. The minimum Gasteiger partial charge on any atom is -0.341 e. The summed E-state index contributed by atoms with van der Waals surface area (Å²) >= 11 is 0. The van der Waals surface area contributed by atoms with Crippen LogP contribution in [0.3, 0.4) is 0 Å². The Hall–Kier alpha value is -1.19. The van der Waals surface area contributed by atoms with Crippen LogP contribution in [-0.2, 0) is 0 Å². The number of anilines is 1. The first kappa shape index (κ1) is 22.1. The van der Waals surface area contributed by atoms with Gasteiger partial charge in [-0.25, -0.2) is 4.98 Å². The van der Waals surface area contributed by atoms with E-state index in [1.54, 1.807) is 0 Å². The van der Waals surface area contributed by atoms with Crippen LogP contribution in [0, 0.1) is 19.3 Å². The zero-order chi connectivity index (χ0) is 19.7. The Kier molecular flexibility index (Phi) is 8.98. The zero-order valence-electron chi connectivity index (χ0n) is 18.6. The van der Waals surface area contributed by atoms with Crippen molar-refractivity contribution in [3.8, 4) is 0 Å². The summed E-state index contributed by atoms with van der Waals surface area (Å²) in [6.45, 7) is 8.84. The fraction of sp³-hybridized carbons (Fsp3) is 0.870. The van der Waals surface area contributed by atoms with Crippen molar-refractivity contribution in [2.75, 3.05) is 11.9 Å². The maximum absolute atomic E-state index is 4.62. The molecule has 1 fully saturated rings. The van der Waals surface area contributed by atoms with Gasteiger partial charge in [-0.05, 0) is 44.9 Å². The van der Waals surface area contributed by atoms with E-state index in [4.69, 9.17) is 0 Å². The van der Waals surface area contributed by atoms with Crippen LogP contribution in [0.15, 0.2) is 0 Å². The summed E-state index contributed by atoms with van der Waals surface area (Å²) in [6, 6.07) is 0.524. The molecular formula is C23H42N4. The van der Waals surface area contributed by atoms with Crippen molar-refractivity contribution < 1.29 is 0 Å². The highest BCUT2D eigenvalue weighted by atomic mass is 15.3. The van der Waals surface area contributed by atoms with Gasteiger partial charge in [-0.15, -0.1) is 0 Å². The highest BCUT2D eigenvalue weighted by Gasteiger charge is 2.23. The van der Waals surface area contributed by atoms with E-state index in [1.165, 1.54) is 83.5 Å². The minimum atomic E-state index is 0.435. The first-order valence-electron chi connectivity index (χ1n) is 11.3. The highest BCUT2D eigenvalue weighted by Crippen LogP contribution is 2.32. The standard InChI is InChI=1S/C23H42N4/c1-19-24-20(2)26-22(25-19)27(5)21-15-13-11-9-7-6-8-10-12-14-17-23(3,4)18-16-21/h21H,6-18H2,1-5H3. The van der Waals surface area contributed by atoms with E-state index in [9.17, 15) is 0 Å². The molecule has 27 heavy (non-hydrogen) atoms. The van der Waals surface area contributed by atoms with E-state index in [0.29, 0.717) is 11.5 Å². The third-order valence-electron chi connectivity index (χ3n) is 6.26. The Morgan fingerprint density at radius 1 is 0.704 bits per heavy atom. The predicted molar refractivity (Wildman–Crippen MR) is 115 cm³/mol. The van der Waals surface area contributed by atoms with Gasteiger partial charge in [-0.2, -0.15) is 9.97 Å². The van der Waals surface area contributed by atoms with E-state index < -0.39 is 0 Å². The molecule has 0 spiro atoms.